The Balaban J connectivity index is 1.16. The van der Waals surface area contributed by atoms with E-state index in [0.717, 1.165) is 36.0 Å². The van der Waals surface area contributed by atoms with E-state index in [1.54, 1.807) is 12.1 Å². The number of aryl methyl sites for hydroxylation is 1. The van der Waals surface area contributed by atoms with Crippen molar-refractivity contribution in [2.75, 3.05) is 13.1 Å². The largest absolute Gasteiger partial charge is 0.346 e. The minimum atomic E-state index is -0.582. The highest BCUT2D eigenvalue weighted by molar-refractivity contribution is 5.77. The van der Waals surface area contributed by atoms with E-state index in [1.165, 1.54) is 5.56 Å². The Bertz CT molecular complexity index is 1900. The molecule has 2 heterocycles. The van der Waals surface area contributed by atoms with Gasteiger partial charge in [0.2, 0.25) is 11.8 Å². The minimum absolute atomic E-state index is 0.0389. The molecular formula is C42H45N7O2. The first kappa shape index (κ1) is 35.2. The standard InChI is InChI=1S/C42H45N7O2/c1-3-42(36-17-11-6-12-18-36,31-35-15-9-5-10-16-35)49-41(45-46-47-49)38(29-33-13-7-4-8-14-33)44-39(50)30-34-25-27-48(28-26-34)40(51)24-21-32-19-22-37(43-2)23-20-32/h4-20,22-23,34,38H,3,21,24-31H2,1H3,(H,44,50). The Morgan fingerprint density at radius 1 is 0.863 bits per heavy atom. The van der Waals surface area contributed by atoms with Crippen LogP contribution in [0.4, 0.5) is 5.69 Å². The van der Waals surface area contributed by atoms with Crippen LogP contribution in [0.5, 0.6) is 0 Å². The molecule has 0 spiro atoms. The SMILES string of the molecule is [C-]#[N+]c1ccc(CCC(=O)N2CCC(CC(=O)NC(Cc3ccccc3)c3nnnn3C(CC)(Cc3ccccc3)c3ccccc3)CC2)cc1. The van der Waals surface area contributed by atoms with Crippen LogP contribution in [0.2, 0.25) is 0 Å². The third-order valence-corrected chi connectivity index (χ3v) is 10.2. The molecule has 1 aromatic heterocycles. The first-order valence-corrected chi connectivity index (χ1v) is 17.9. The predicted molar refractivity (Wildman–Crippen MR) is 198 cm³/mol. The molecule has 2 amide bonds. The molecule has 0 bridgehead atoms. The molecule has 5 aromatic rings. The molecule has 0 aliphatic carbocycles. The summed E-state index contributed by atoms with van der Waals surface area (Å²) in [5.74, 6) is 0.900. The number of nitrogens with zero attached hydrogens (tertiary/aromatic N) is 6. The Hall–Kier alpha value is -5.62. The molecule has 1 N–H and O–H groups in total. The lowest BCUT2D eigenvalue weighted by molar-refractivity contribution is -0.132. The molecule has 9 heteroatoms. The van der Waals surface area contributed by atoms with Crippen LogP contribution in [0.25, 0.3) is 4.85 Å². The number of piperidine rings is 1. The fourth-order valence-electron chi connectivity index (χ4n) is 7.28. The second-order valence-corrected chi connectivity index (χ2v) is 13.5. The van der Waals surface area contributed by atoms with Crippen molar-refractivity contribution in [3.63, 3.8) is 0 Å². The van der Waals surface area contributed by atoms with Crippen LogP contribution in [0.15, 0.2) is 115 Å². The third-order valence-electron chi connectivity index (χ3n) is 10.2. The number of rotatable bonds is 14. The molecular weight excluding hydrogens is 635 g/mol. The van der Waals surface area contributed by atoms with Gasteiger partial charge in [-0.25, -0.2) is 9.53 Å². The van der Waals surface area contributed by atoms with Gasteiger partial charge in [0.25, 0.3) is 0 Å². The maximum Gasteiger partial charge on any atom is 0.222 e. The van der Waals surface area contributed by atoms with E-state index in [9.17, 15) is 9.59 Å². The van der Waals surface area contributed by atoms with Crippen molar-refractivity contribution in [3.05, 3.63) is 155 Å². The van der Waals surface area contributed by atoms with Crippen LogP contribution >= 0.6 is 0 Å². The van der Waals surface area contributed by atoms with Crippen molar-refractivity contribution in [2.45, 2.75) is 69.9 Å². The topological polar surface area (TPSA) is 97.4 Å². The summed E-state index contributed by atoms with van der Waals surface area (Å²) in [6, 6.07) is 37.9. The predicted octanol–water partition coefficient (Wildman–Crippen LogP) is 7.28. The van der Waals surface area contributed by atoms with Gasteiger partial charge in [0.15, 0.2) is 11.5 Å². The molecule has 2 unspecified atom stereocenters. The molecule has 4 aromatic carbocycles. The smallest absolute Gasteiger partial charge is 0.222 e. The van der Waals surface area contributed by atoms with Crippen molar-refractivity contribution in [1.29, 1.82) is 0 Å². The number of aromatic nitrogens is 4. The van der Waals surface area contributed by atoms with E-state index >= 15 is 0 Å². The number of hydrogen-bond donors (Lipinski definition) is 1. The molecule has 2 atom stereocenters. The number of nitrogens with one attached hydrogen (secondary N) is 1. The van der Waals surface area contributed by atoms with Crippen LogP contribution in [-0.4, -0.2) is 50.0 Å². The number of likely N-dealkylation sites (tertiary alicyclic amines) is 1. The number of benzene rings is 4. The number of amides is 2. The maximum atomic E-state index is 13.8. The lowest BCUT2D eigenvalue weighted by atomic mass is 9.81. The molecule has 6 rings (SSSR count). The molecule has 260 valence electrons. The first-order valence-electron chi connectivity index (χ1n) is 17.9. The zero-order valence-corrected chi connectivity index (χ0v) is 29.2. The van der Waals surface area contributed by atoms with Gasteiger partial charge in [-0.3, -0.25) is 9.59 Å². The minimum Gasteiger partial charge on any atom is -0.346 e. The number of tetrazole rings is 1. The van der Waals surface area contributed by atoms with E-state index in [2.05, 4.69) is 81.1 Å². The molecule has 1 fully saturated rings. The Labute approximate surface area is 300 Å². The van der Waals surface area contributed by atoms with Gasteiger partial charge in [-0.1, -0.05) is 128 Å². The summed E-state index contributed by atoms with van der Waals surface area (Å²) in [5.41, 5.74) is 4.43. The molecule has 1 aliphatic heterocycles. The van der Waals surface area contributed by atoms with E-state index in [-0.39, 0.29) is 17.7 Å². The van der Waals surface area contributed by atoms with Crippen LogP contribution < -0.4 is 5.32 Å². The average molecular weight is 680 g/mol. The van der Waals surface area contributed by atoms with Crippen molar-refractivity contribution in [2.24, 2.45) is 5.92 Å². The van der Waals surface area contributed by atoms with Gasteiger partial charge >= 0.3 is 0 Å². The van der Waals surface area contributed by atoms with Gasteiger partial charge in [0.05, 0.1) is 18.2 Å². The number of carbonyl (C=O) groups excluding carboxylic acids is 2. The maximum absolute atomic E-state index is 13.8. The Kier molecular flexibility index (Phi) is 11.6. The van der Waals surface area contributed by atoms with E-state index in [0.29, 0.717) is 56.7 Å². The second kappa shape index (κ2) is 16.9. The summed E-state index contributed by atoms with van der Waals surface area (Å²) in [4.78, 5) is 32.2. The Morgan fingerprint density at radius 2 is 1.49 bits per heavy atom. The number of hydrogen-bond acceptors (Lipinski definition) is 5. The fraction of sp³-hybridized carbons (Fsp3) is 0.333. The lowest BCUT2D eigenvalue weighted by Gasteiger charge is -2.36. The molecule has 51 heavy (non-hydrogen) atoms. The zero-order valence-electron chi connectivity index (χ0n) is 29.2. The van der Waals surface area contributed by atoms with E-state index in [4.69, 9.17) is 6.57 Å². The highest BCUT2D eigenvalue weighted by Gasteiger charge is 2.38. The molecule has 1 aliphatic rings. The normalized spacial score (nSPS) is 15.0. The van der Waals surface area contributed by atoms with E-state index in [1.807, 2.05) is 64.2 Å². The van der Waals surface area contributed by atoms with E-state index < -0.39 is 11.6 Å². The summed E-state index contributed by atoms with van der Waals surface area (Å²) in [6.45, 7) is 10.6. The summed E-state index contributed by atoms with van der Waals surface area (Å²) in [5, 5.41) is 16.8. The van der Waals surface area contributed by atoms with Crippen LogP contribution in [0.1, 0.15) is 73.1 Å². The highest BCUT2D eigenvalue weighted by Crippen LogP contribution is 2.36. The first-order chi connectivity index (χ1) is 25.0. The van der Waals surface area contributed by atoms with Crippen LogP contribution in [0.3, 0.4) is 0 Å². The highest BCUT2D eigenvalue weighted by atomic mass is 16.2. The monoisotopic (exact) mass is 679 g/mol. The Morgan fingerprint density at radius 3 is 2.12 bits per heavy atom. The van der Waals surface area contributed by atoms with Gasteiger partial charge < -0.3 is 10.2 Å². The molecule has 0 radical (unpaired) electrons. The van der Waals surface area contributed by atoms with Crippen LogP contribution in [-0.2, 0) is 34.4 Å². The summed E-state index contributed by atoms with van der Waals surface area (Å²) in [6.07, 6.45) is 4.99. The summed E-state index contributed by atoms with van der Waals surface area (Å²) in [7, 11) is 0. The van der Waals surface area contributed by atoms with Crippen molar-refractivity contribution < 1.29 is 9.59 Å². The second-order valence-electron chi connectivity index (χ2n) is 13.5. The van der Waals surface area contributed by atoms with Crippen LogP contribution in [0, 0.1) is 12.5 Å². The summed E-state index contributed by atoms with van der Waals surface area (Å²) >= 11 is 0. The fourth-order valence-corrected chi connectivity index (χ4v) is 7.28. The van der Waals surface area contributed by atoms with Gasteiger partial charge in [0, 0.05) is 38.8 Å². The molecule has 1 saturated heterocycles. The van der Waals surface area contributed by atoms with Gasteiger partial charge in [-0.15, -0.1) is 5.10 Å². The lowest BCUT2D eigenvalue weighted by Crippen LogP contribution is -2.43. The van der Waals surface area contributed by atoms with Crippen molar-refractivity contribution >= 4 is 17.5 Å². The molecule has 0 saturated carbocycles. The van der Waals surface area contributed by atoms with Crippen molar-refractivity contribution in [3.8, 4) is 0 Å². The van der Waals surface area contributed by atoms with Gasteiger partial charge in [-0.2, -0.15) is 0 Å². The molecule has 9 nitrogen and oxygen atoms in total. The zero-order chi connectivity index (χ0) is 35.5. The quantitative estimate of drug-likeness (QED) is 0.125. The summed E-state index contributed by atoms with van der Waals surface area (Å²) < 4.78 is 1.95. The van der Waals surface area contributed by atoms with Gasteiger partial charge in [-0.05, 0) is 58.7 Å². The van der Waals surface area contributed by atoms with Crippen molar-refractivity contribution in [1.82, 2.24) is 30.4 Å². The number of carbonyl (C=O) groups is 2. The van der Waals surface area contributed by atoms with Gasteiger partial charge in [0.1, 0.15) is 0 Å². The average Bonchev–Trinajstić information content (AvgIpc) is 3.68. The third kappa shape index (κ3) is 8.76.